The van der Waals surface area contributed by atoms with Gasteiger partial charge in [0.15, 0.2) is 0 Å². The first-order valence-corrected chi connectivity index (χ1v) is 17.1. The smallest absolute Gasteiger partial charge is 0.143 e. The highest BCUT2D eigenvalue weighted by atomic mass is 16.3. The third-order valence-electron chi connectivity index (χ3n) is 10.6. The number of para-hydroxylation sites is 2. The van der Waals surface area contributed by atoms with Crippen LogP contribution in [0.4, 0.5) is 11.4 Å². The van der Waals surface area contributed by atoms with Crippen LogP contribution in [-0.4, -0.2) is 0 Å². The van der Waals surface area contributed by atoms with Crippen LogP contribution in [0.15, 0.2) is 150 Å². The Bertz CT molecular complexity index is 2810. The van der Waals surface area contributed by atoms with Crippen LogP contribution in [0, 0.1) is 12.3 Å². The van der Waals surface area contributed by atoms with Crippen LogP contribution < -0.4 is 15.3 Å². The average molecular weight is 642 g/mol. The van der Waals surface area contributed by atoms with Crippen molar-refractivity contribution in [3.8, 4) is 34.6 Å². The SMILES string of the molecule is C#CC=c1ccc2ccccc2c1=C(C)N(c1ccc(-c2cccc3c2oc2ccccc23)cc1)c1ccc2c(c1)C(C)(C)c1ccccc1-2. The molecular formula is C48H35NO. The number of hydrogen-bond donors (Lipinski definition) is 0. The fraction of sp³-hybridized carbons (Fsp3) is 0.0833. The van der Waals surface area contributed by atoms with E-state index < -0.39 is 0 Å². The zero-order valence-corrected chi connectivity index (χ0v) is 28.4. The Balaban J connectivity index is 1.27. The van der Waals surface area contributed by atoms with Gasteiger partial charge in [-0.1, -0.05) is 135 Å². The largest absolute Gasteiger partial charge is 0.455 e. The molecule has 1 aliphatic carbocycles. The van der Waals surface area contributed by atoms with E-state index in [-0.39, 0.29) is 5.41 Å². The first-order valence-electron chi connectivity index (χ1n) is 17.1. The Morgan fingerprint density at radius 1 is 0.640 bits per heavy atom. The van der Waals surface area contributed by atoms with E-state index in [2.05, 4.69) is 165 Å². The van der Waals surface area contributed by atoms with Crippen LogP contribution in [-0.2, 0) is 5.41 Å². The van der Waals surface area contributed by atoms with Gasteiger partial charge in [-0.3, -0.25) is 0 Å². The van der Waals surface area contributed by atoms with Crippen molar-refractivity contribution >= 4 is 55.9 Å². The van der Waals surface area contributed by atoms with E-state index in [4.69, 9.17) is 10.8 Å². The quantitative estimate of drug-likeness (QED) is 0.178. The van der Waals surface area contributed by atoms with Gasteiger partial charge in [0.2, 0.25) is 0 Å². The van der Waals surface area contributed by atoms with E-state index in [1.807, 2.05) is 18.2 Å². The third kappa shape index (κ3) is 4.51. The van der Waals surface area contributed by atoms with Crippen molar-refractivity contribution in [2.24, 2.45) is 0 Å². The van der Waals surface area contributed by atoms with Crippen molar-refractivity contribution in [3.63, 3.8) is 0 Å². The van der Waals surface area contributed by atoms with Crippen LogP contribution in [0.25, 0.3) is 66.7 Å². The van der Waals surface area contributed by atoms with Crippen LogP contribution in [0.1, 0.15) is 31.9 Å². The molecule has 1 heterocycles. The van der Waals surface area contributed by atoms with Gasteiger partial charge in [0.25, 0.3) is 0 Å². The highest BCUT2D eigenvalue weighted by molar-refractivity contribution is 6.09. The molecule has 1 aromatic heterocycles. The van der Waals surface area contributed by atoms with Crippen LogP contribution in [0.3, 0.4) is 0 Å². The zero-order chi connectivity index (χ0) is 34.0. The van der Waals surface area contributed by atoms with Gasteiger partial charge in [0.05, 0.1) is 0 Å². The minimum absolute atomic E-state index is 0.127. The predicted molar refractivity (Wildman–Crippen MR) is 211 cm³/mol. The molecule has 8 aromatic rings. The number of benzene rings is 7. The minimum atomic E-state index is -0.127. The summed E-state index contributed by atoms with van der Waals surface area (Å²) in [4.78, 5) is 2.39. The Kier molecular flexibility index (Phi) is 6.80. The molecule has 0 saturated heterocycles. The van der Waals surface area contributed by atoms with Gasteiger partial charge in [-0.15, -0.1) is 6.42 Å². The van der Waals surface area contributed by atoms with Gasteiger partial charge in [-0.2, -0.15) is 0 Å². The lowest BCUT2D eigenvalue weighted by Gasteiger charge is -2.29. The molecule has 2 heteroatoms. The lowest BCUT2D eigenvalue weighted by Crippen LogP contribution is -2.32. The summed E-state index contributed by atoms with van der Waals surface area (Å²) >= 11 is 0. The average Bonchev–Trinajstić information content (AvgIpc) is 3.64. The molecule has 0 bridgehead atoms. The van der Waals surface area contributed by atoms with E-state index in [9.17, 15) is 0 Å². The highest BCUT2D eigenvalue weighted by Crippen LogP contribution is 2.50. The number of nitrogens with zero attached hydrogens (tertiary/aromatic N) is 1. The monoisotopic (exact) mass is 641 g/mol. The molecule has 0 spiro atoms. The second kappa shape index (κ2) is 11.4. The summed E-state index contributed by atoms with van der Waals surface area (Å²) in [5.74, 6) is 2.80. The molecule has 0 radical (unpaired) electrons. The Morgan fingerprint density at radius 3 is 2.16 bits per heavy atom. The molecule has 50 heavy (non-hydrogen) atoms. The number of furan rings is 1. The summed E-state index contributed by atoms with van der Waals surface area (Å²) in [6, 6.07) is 52.1. The van der Waals surface area contributed by atoms with E-state index in [1.165, 1.54) is 33.0 Å². The second-order valence-electron chi connectivity index (χ2n) is 13.7. The van der Waals surface area contributed by atoms with Gasteiger partial charge < -0.3 is 9.32 Å². The normalized spacial score (nSPS) is 14.1. The van der Waals surface area contributed by atoms with Gasteiger partial charge in [-0.25, -0.2) is 0 Å². The fourth-order valence-electron chi connectivity index (χ4n) is 8.15. The van der Waals surface area contributed by atoms with Gasteiger partial charge in [-0.05, 0) is 87.1 Å². The summed E-state index contributed by atoms with van der Waals surface area (Å²) in [5.41, 5.74) is 12.4. The molecule has 0 atom stereocenters. The maximum Gasteiger partial charge on any atom is 0.143 e. The molecule has 238 valence electrons. The third-order valence-corrected chi connectivity index (χ3v) is 10.6. The topological polar surface area (TPSA) is 16.4 Å². The van der Waals surface area contributed by atoms with Crippen LogP contribution >= 0.6 is 0 Å². The van der Waals surface area contributed by atoms with E-state index in [1.54, 1.807) is 0 Å². The summed E-state index contributed by atoms with van der Waals surface area (Å²) in [7, 11) is 0. The van der Waals surface area contributed by atoms with Gasteiger partial charge >= 0.3 is 0 Å². The lowest BCUT2D eigenvalue weighted by atomic mass is 9.82. The predicted octanol–water partition coefficient (Wildman–Crippen LogP) is 11.1. The summed E-state index contributed by atoms with van der Waals surface area (Å²) in [5, 5.41) is 6.75. The van der Waals surface area contributed by atoms with E-state index >= 15 is 0 Å². The fourth-order valence-corrected chi connectivity index (χ4v) is 8.15. The molecule has 1 aliphatic rings. The number of terminal acetylenes is 1. The first-order chi connectivity index (χ1) is 24.4. The van der Waals surface area contributed by atoms with Crippen molar-refractivity contribution in [3.05, 3.63) is 167 Å². The number of rotatable bonds is 4. The number of anilines is 2. The summed E-state index contributed by atoms with van der Waals surface area (Å²) < 4.78 is 6.41. The summed E-state index contributed by atoms with van der Waals surface area (Å²) in [6.45, 7) is 6.88. The summed E-state index contributed by atoms with van der Waals surface area (Å²) in [6.07, 6.45) is 7.78. The van der Waals surface area contributed by atoms with Crippen molar-refractivity contribution in [1.29, 1.82) is 0 Å². The number of hydrogen-bond acceptors (Lipinski definition) is 2. The highest BCUT2D eigenvalue weighted by Gasteiger charge is 2.35. The first kappa shape index (κ1) is 29.8. The number of fused-ring (bicyclic) bond motifs is 7. The molecular weight excluding hydrogens is 607 g/mol. The van der Waals surface area contributed by atoms with E-state index in [0.717, 1.165) is 60.6 Å². The molecule has 0 aliphatic heterocycles. The Hall–Kier alpha value is -6.30. The van der Waals surface area contributed by atoms with Gasteiger partial charge in [0.1, 0.15) is 11.2 Å². The molecule has 0 amide bonds. The second-order valence-corrected chi connectivity index (χ2v) is 13.7. The van der Waals surface area contributed by atoms with Crippen molar-refractivity contribution < 1.29 is 4.42 Å². The maximum absolute atomic E-state index is 6.41. The molecule has 9 rings (SSSR count). The standard InChI is InChI=1S/C48H35NO/c1-5-13-34-23-22-32-14-6-7-15-37(32)46(34)31(2)49(36-28-29-40-39-16-8-10-20-43(39)48(3,4)44(40)30-36)35-26-24-33(25-27-35)38-18-12-19-42-41-17-9-11-21-45(41)50-47(38)42/h1,6-30H,2-4H3. The molecule has 2 nitrogen and oxygen atoms in total. The Morgan fingerprint density at radius 2 is 1.32 bits per heavy atom. The van der Waals surface area contributed by atoms with Gasteiger partial charge in [0, 0.05) is 44.0 Å². The molecule has 7 aromatic carbocycles. The van der Waals surface area contributed by atoms with Crippen molar-refractivity contribution in [2.45, 2.75) is 26.2 Å². The Labute approximate surface area is 292 Å². The maximum atomic E-state index is 6.41. The lowest BCUT2D eigenvalue weighted by molar-refractivity contribution is 0.660. The molecule has 0 saturated carbocycles. The molecule has 0 fully saturated rings. The van der Waals surface area contributed by atoms with Crippen molar-refractivity contribution in [1.82, 2.24) is 0 Å². The van der Waals surface area contributed by atoms with Crippen LogP contribution in [0.5, 0.6) is 0 Å². The molecule has 0 unspecified atom stereocenters. The van der Waals surface area contributed by atoms with E-state index in [0.29, 0.717) is 0 Å². The van der Waals surface area contributed by atoms with Crippen LogP contribution in [0.2, 0.25) is 0 Å². The van der Waals surface area contributed by atoms with Crippen molar-refractivity contribution in [2.75, 3.05) is 4.90 Å². The molecule has 0 N–H and O–H groups in total. The minimum Gasteiger partial charge on any atom is -0.455 e. The zero-order valence-electron chi connectivity index (χ0n) is 28.4.